The molecule has 0 atom stereocenters. The molecule has 0 amide bonds. The van der Waals surface area contributed by atoms with Crippen LogP contribution in [0.1, 0.15) is 82.8 Å². The maximum Gasteiger partial charge on any atom is 0.160 e. The average Bonchev–Trinajstić information content (AvgIpc) is 2.40. The smallest absolute Gasteiger partial charge is 0.160 e. The van der Waals surface area contributed by atoms with Gasteiger partial charge in [-0.15, -0.1) is 0 Å². The van der Waals surface area contributed by atoms with Crippen LogP contribution < -0.4 is 4.74 Å². The van der Waals surface area contributed by atoms with Gasteiger partial charge in [0.15, 0.2) is 5.78 Å². The number of carbonyl (C=O) groups is 1. The SMILES string of the molecule is COc1cc(CCC(C)(C)C)c(C(C)=O)c(CCC(C)(C)C)c1. The van der Waals surface area contributed by atoms with Crippen molar-refractivity contribution < 1.29 is 9.53 Å². The Morgan fingerprint density at radius 2 is 1.30 bits per heavy atom. The standard InChI is InChI=1S/C21H34O2/c1-15(22)19-16(9-11-20(2,3)4)13-18(23-8)14-17(19)10-12-21(5,6)7/h13-14H,9-12H2,1-8H3. The third-order valence-corrected chi connectivity index (χ3v) is 4.15. The van der Waals surface area contributed by atoms with E-state index in [0.717, 1.165) is 48.1 Å². The molecule has 0 fully saturated rings. The summed E-state index contributed by atoms with van der Waals surface area (Å²) in [6, 6.07) is 4.09. The van der Waals surface area contributed by atoms with Crippen LogP contribution in [-0.2, 0) is 12.8 Å². The van der Waals surface area contributed by atoms with E-state index in [1.165, 1.54) is 0 Å². The largest absolute Gasteiger partial charge is 0.497 e. The highest BCUT2D eigenvalue weighted by atomic mass is 16.5. The second-order valence-corrected chi connectivity index (χ2v) is 9.00. The molecule has 0 N–H and O–H groups in total. The molecule has 0 saturated carbocycles. The van der Waals surface area contributed by atoms with Gasteiger partial charge in [-0.2, -0.15) is 0 Å². The number of carbonyl (C=O) groups excluding carboxylic acids is 1. The summed E-state index contributed by atoms with van der Waals surface area (Å²) in [6.07, 6.45) is 3.94. The quantitative estimate of drug-likeness (QED) is 0.614. The number of ketones is 1. The van der Waals surface area contributed by atoms with Crippen molar-refractivity contribution in [2.75, 3.05) is 7.11 Å². The molecular weight excluding hydrogens is 284 g/mol. The van der Waals surface area contributed by atoms with Gasteiger partial charge in [0.1, 0.15) is 5.75 Å². The summed E-state index contributed by atoms with van der Waals surface area (Å²) in [4.78, 5) is 12.3. The first-order valence-electron chi connectivity index (χ1n) is 8.64. The van der Waals surface area contributed by atoms with Gasteiger partial charge < -0.3 is 4.74 Å². The highest BCUT2D eigenvalue weighted by Gasteiger charge is 2.19. The van der Waals surface area contributed by atoms with E-state index in [1.807, 2.05) is 12.1 Å². The zero-order chi connectivity index (χ0) is 17.8. The Morgan fingerprint density at radius 3 is 1.57 bits per heavy atom. The first-order valence-corrected chi connectivity index (χ1v) is 8.64. The van der Waals surface area contributed by atoms with Crippen molar-refractivity contribution in [1.29, 1.82) is 0 Å². The molecule has 130 valence electrons. The molecular formula is C21H34O2. The van der Waals surface area contributed by atoms with Crippen molar-refractivity contribution in [3.8, 4) is 5.75 Å². The second kappa shape index (κ2) is 7.51. The normalized spacial score (nSPS) is 12.3. The maximum absolute atomic E-state index is 12.3. The van der Waals surface area contributed by atoms with Crippen LogP contribution in [0, 0.1) is 10.8 Å². The minimum absolute atomic E-state index is 0.167. The van der Waals surface area contributed by atoms with Gasteiger partial charge in [0.05, 0.1) is 7.11 Å². The van der Waals surface area contributed by atoms with Gasteiger partial charge in [0.2, 0.25) is 0 Å². The molecule has 1 aromatic rings. The van der Waals surface area contributed by atoms with Crippen LogP contribution >= 0.6 is 0 Å². The third-order valence-electron chi connectivity index (χ3n) is 4.15. The Bertz CT molecular complexity index is 503. The minimum atomic E-state index is 0.167. The number of Topliss-reactive ketones (excluding diaryl/α,β-unsaturated/α-hetero) is 1. The van der Waals surface area contributed by atoms with Gasteiger partial charge in [-0.05, 0) is 66.7 Å². The molecule has 0 aliphatic heterocycles. The monoisotopic (exact) mass is 318 g/mol. The fourth-order valence-corrected chi connectivity index (χ4v) is 2.72. The zero-order valence-electron chi connectivity index (χ0n) is 16.3. The first-order chi connectivity index (χ1) is 10.4. The second-order valence-electron chi connectivity index (χ2n) is 9.00. The van der Waals surface area contributed by atoms with Crippen LogP contribution in [0.4, 0.5) is 0 Å². The molecule has 0 radical (unpaired) electrons. The lowest BCUT2D eigenvalue weighted by molar-refractivity contribution is 0.101. The zero-order valence-corrected chi connectivity index (χ0v) is 16.3. The van der Waals surface area contributed by atoms with Gasteiger partial charge in [-0.25, -0.2) is 0 Å². The van der Waals surface area contributed by atoms with Crippen molar-refractivity contribution in [1.82, 2.24) is 0 Å². The van der Waals surface area contributed by atoms with E-state index in [9.17, 15) is 4.79 Å². The molecule has 2 heteroatoms. The number of rotatable bonds is 6. The van der Waals surface area contributed by atoms with E-state index in [1.54, 1.807) is 14.0 Å². The number of methoxy groups -OCH3 is 1. The van der Waals surface area contributed by atoms with Crippen LogP contribution in [0.5, 0.6) is 5.75 Å². The van der Waals surface area contributed by atoms with Crippen molar-refractivity contribution in [2.45, 2.75) is 74.1 Å². The number of aryl methyl sites for hydroxylation is 2. The van der Waals surface area contributed by atoms with Gasteiger partial charge in [0, 0.05) is 5.56 Å². The molecule has 0 saturated heterocycles. The summed E-state index contributed by atoms with van der Waals surface area (Å²) in [6.45, 7) is 15.1. The van der Waals surface area contributed by atoms with E-state index in [-0.39, 0.29) is 16.6 Å². The third kappa shape index (κ3) is 6.76. The van der Waals surface area contributed by atoms with Crippen LogP contribution in [-0.4, -0.2) is 12.9 Å². The molecule has 0 heterocycles. The molecule has 1 aromatic carbocycles. The Hall–Kier alpha value is -1.31. The highest BCUT2D eigenvalue weighted by Crippen LogP contribution is 2.31. The molecule has 23 heavy (non-hydrogen) atoms. The van der Waals surface area contributed by atoms with Crippen molar-refractivity contribution in [3.05, 3.63) is 28.8 Å². The molecule has 0 unspecified atom stereocenters. The molecule has 2 nitrogen and oxygen atoms in total. The summed E-state index contributed by atoms with van der Waals surface area (Å²) >= 11 is 0. The summed E-state index contributed by atoms with van der Waals surface area (Å²) < 4.78 is 5.48. The van der Waals surface area contributed by atoms with Gasteiger partial charge in [0.25, 0.3) is 0 Å². The predicted molar refractivity (Wildman–Crippen MR) is 98.6 cm³/mol. The molecule has 0 spiro atoms. The number of benzene rings is 1. The van der Waals surface area contributed by atoms with Crippen LogP contribution in [0.25, 0.3) is 0 Å². The number of hydrogen-bond donors (Lipinski definition) is 0. The Morgan fingerprint density at radius 1 is 0.913 bits per heavy atom. The number of ether oxygens (including phenoxy) is 1. The number of hydrogen-bond acceptors (Lipinski definition) is 2. The summed E-state index contributed by atoms with van der Waals surface area (Å²) in [7, 11) is 1.70. The Labute approximate surface area is 142 Å². The van der Waals surface area contributed by atoms with Gasteiger partial charge in [-0.1, -0.05) is 41.5 Å². The lowest BCUT2D eigenvalue weighted by atomic mass is 9.83. The van der Waals surface area contributed by atoms with Crippen LogP contribution in [0.3, 0.4) is 0 Å². The van der Waals surface area contributed by atoms with Crippen LogP contribution in [0.15, 0.2) is 12.1 Å². The van der Waals surface area contributed by atoms with E-state index >= 15 is 0 Å². The van der Waals surface area contributed by atoms with Gasteiger partial charge >= 0.3 is 0 Å². The van der Waals surface area contributed by atoms with Crippen LogP contribution in [0.2, 0.25) is 0 Å². The summed E-state index contributed by atoms with van der Waals surface area (Å²) in [5.41, 5.74) is 3.69. The average molecular weight is 319 g/mol. The fraction of sp³-hybridized carbons (Fsp3) is 0.667. The lowest BCUT2D eigenvalue weighted by Gasteiger charge is -2.22. The molecule has 1 rings (SSSR count). The summed E-state index contributed by atoms with van der Waals surface area (Å²) in [5, 5.41) is 0. The first kappa shape index (κ1) is 19.7. The molecule has 0 aromatic heterocycles. The lowest BCUT2D eigenvalue weighted by Crippen LogP contribution is -2.13. The fourth-order valence-electron chi connectivity index (χ4n) is 2.72. The van der Waals surface area contributed by atoms with Crippen molar-refractivity contribution in [2.24, 2.45) is 10.8 Å². The highest BCUT2D eigenvalue weighted by molar-refractivity contribution is 5.97. The maximum atomic E-state index is 12.3. The topological polar surface area (TPSA) is 26.3 Å². The van der Waals surface area contributed by atoms with E-state index in [2.05, 4.69) is 41.5 Å². The van der Waals surface area contributed by atoms with Crippen molar-refractivity contribution in [3.63, 3.8) is 0 Å². The van der Waals surface area contributed by atoms with Gasteiger partial charge in [-0.3, -0.25) is 4.79 Å². The molecule has 0 bridgehead atoms. The van der Waals surface area contributed by atoms with E-state index < -0.39 is 0 Å². The summed E-state index contributed by atoms with van der Waals surface area (Å²) in [5.74, 6) is 1.03. The molecule has 0 aliphatic rings. The minimum Gasteiger partial charge on any atom is -0.497 e. The molecule has 0 aliphatic carbocycles. The predicted octanol–water partition coefficient (Wildman–Crippen LogP) is 5.86. The van der Waals surface area contributed by atoms with Crippen molar-refractivity contribution >= 4 is 5.78 Å². The Balaban J connectivity index is 3.23. The van der Waals surface area contributed by atoms with E-state index in [4.69, 9.17) is 4.74 Å². The van der Waals surface area contributed by atoms with E-state index in [0.29, 0.717) is 0 Å². The Kier molecular flexibility index (Phi) is 6.44.